The summed E-state index contributed by atoms with van der Waals surface area (Å²) < 4.78 is 27.9. The Hall–Kier alpha value is -3.12. The van der Waals surface area contributed by atoms with Crippen molar-refractivity contribution < 1.29 is 13.2 Å². The Kier molecular flexibility index (Phi) is 6.34. The van der Waals surface area contributed by atoms with Crippen LogP contribution in [0.3, 0.4) is 0 Å². The monoisotopic (exact) mass is 408 g/mol. The molecule has 0 heterocycles. The van der Waals surface area contributed by atoms with E-state index in [1.54, 1.807) is 42.5 Å². The standard InChI is InChI=1S/C23H24N2O3S/c1-3-21(18-15-13-17(2)14-16-18)24-23(26)20-11-7-8-12-22(20)25-29(27,28)19-9-5-4-6-10-19/h4-16,21,25H,3H2,1-2H3,(H,24,26)/t21-/m0/s1. The van der Waals surface area contributed by atoms with Crippen molar-refractivity contribution in [1.29, 1.82) is 0 Å². The van der Waals surface area contributed by atoms with Crippen LogP contribution in [0.2, 0.25) is 0 Å². The van der Waals surface area contributed by atoms with Crippen LogP contribution in [0.1, 0.15) is 40.9 Å². The van der Waals surface area contributed by atoms with Crippen LogP contribution in [0.25, 0.3) is 0 Å². The first kappa shape index (κ1) is 20.6. The highest BCUT2D eigenvalue weighted by Crippen LogP contribution is 2.23. The Morgan fingerprint density at radius 3 is 2.17 bits per heavy atom. The van der Waals surface area contributed by atoms with Crippen LogP contribution < -0.4 is 10.0 Å². The molecule has 0 aromatic heterocycles. The van der Waals surface area contributed by atoms with Crippen molar-refractivity contribution in [3.05, 3.63) is 95.6 Å². The van der Waals surface area contributed by atoms with E-state index in [1.165, 1.54) is 12.1 Å². The third-order valence-corrected chi connectivity index (χ3v) is 6.04. The van der Waals surface area contributed by atoms with Crippen LogP contribution in [0, 0.1) is 6.92 Å². The molecule has 5 nitrogen and oxygen atoms in total. The van der Waals surface area contributed by atoms with Crippen LogP contribution in [0.15, 0.2) is 83.8 Å². The molecule has 1 amide bonds. The Morgan fingerprint density at radius 2 is 1.52 bits per heavy atom. The molecule has 150 valence electrons. The maximum Gasteiger partial charge on any atom is 0.261 e. The first-order chi connectivity index (χ1) is 13.9. The third kappa shape index (κ3) is 5.03. The number of hydrogen-bond donors (Lipinski definition) is 2. The van der Waals surface area contributed by atoms with E-state index in [-0.39, 0.29) is 28.1 Å². The quantitative estimate of drug-likeness (QED) is 0.596. The summed E-state index contributed by atoms with van der Waals surface area (Å²) in [7, 11) is -3.79. The van der Waals surface area contributed by atoms with Crippen LogP contribution in [0.4, 0.5) is 5.69 Å². The Labute approximate surface area is 171 Å². The van der Waals surface area contributed by atoms with Gasteiger partial charge >= 0.3 is 0 Å². The number of aryl methyl sites for hydroxylation is 1. The van der Waals surface area contributed by atoms with E-state index < -0.39 is 10.0 Å². The Morgan fingerprint density at radius 1 is 0.897 bits per heavy atom. The number of benzene rings is 3. The van der Waals surface area contributed by atoms with Gasteiger partial charge in [-0.2, -0.15) is 0 Å². The number of hydrogen-bond acceptors (Lipinski definition) is 3. The highest BCUT2D eigenvalue weighted by atomic mass is 32.2. The van der Waals surface area contributed by atoms with Gasteiger partial charge in [-0.3, -0.25) is 9.52 Å². The zero-order valence-electron chi connectivity index (χ0n) is 16.4. The molecule has 29 heavy (non-hydrogen) atoms. The van der Waals surface area contributed by atoms with E-state index in [1.807, 2.05) is 38.1 Å². The second-order valence-corrected chi connectivity index (χ2v) is 8.49. The van der Waals surface area contributed by atoms with Crippen molar-refractivity contribution in [1.82, 2.24) is 5.32 Å². The summed E-state index contributed by atoms with van der Waals surface area (Å²) in [6.07, 6.45) is 0.715. The normalized spacial score (nSPS) is 12.2. The summed E-state index contributed by atoms with van der Waals surface area (Å²) in [5, 5.41) is 3.01. The number of anilines is 1. The van der Waals surface area contributed by atoms with Gasteiger partial charge < -0.3 is 5.32 Å². The molecule has 0 bridgehead atoms. The summed E-state index contributed by atoms with van der Waals surface area (Å²) >= 11 is 0. The second kappa shape index (κ2) is 8.92. The number of para-hydroxylation sites is 1. The van der Waals surface area contributed by atoms with Crippen molar-refractivity contribution >= 4 is 21.6 Å². The smallest absolute Gasteiger partial charge is 0.261 e. The molecule has 0 saturated carbocycles. The highest BCUT2D eigenvalue weighted by Gasteiger charge is 2.20. The topological polar surface area (TPSA) is 75.3 Å². The van der Waals surface area contributed by atoms with E-state index in [4.69, 9.17) is 0 Å². The first-order valence-electron chi connectivity index (χ1n) is 9.45. The van der Waals surface area contributed by atoms with Crippen LogP contribution in [0.5, 0.6) is 0 Å². The fourth-order valence-corrected chi connectivity index (χ4v) is 4.13. The van der Waals surface area contributed by atoms with E-state index >= 15 is 0 Å². The molecule has 0 radical (unpaired) electrons. The summed E-state index contributed by atoms with van der Waals surface area (Å²) in [4.78, 5) is 13.1. The van der Waals surface area contributed by atoms with Crippen molar-refractivity contribution in [2.24, 2.45) is 0 Å². The van der Waals surface area contributed by atoms with E-state index in [0.717, 1.165) is 11.1 Å². The molecule has 0 fully saturated rings. The maximum absolute atomic E-state index is 13.0. The molecule has 0 aliphatic carbocycles. The summed E-state index contributed by atoms with van der Waals surface area (Å²) in [5.74, 6) is -0.330. The SMILES string of the molecule is CC[C@H](NC(=O)c1ccccc1NS(=O)(=O)c1ccccc1)c1ccc(C)cc1. The lowest BCUT2D eigenvalue weighted by Gasteiger charge is -2.19. The zero-order valence-corrected chi connectivity index (χ0v) is 17.2. The summed E-state index contributed by atoms with van der Waals surface area (Å²) in [6, 6.07) is 22.5. The zero-order chi connectivity index (χ0) is 20.9. The van der Waals surface area contributed by atoms with Gasteiger partial charge in [-0.25, -0.2) is 8.42 Å². The summed E-state index contributed by atoms with van der Waals surface area (Å²) in [5.41, 5.74) is 2.68. The first-order valence-corrected chi connectivity index (χ1v) is 10.9. The average molecular weight is 409 g/mol. The molecule has 3 rings (SSSR count). The second-order valence-electron chi connectivity index (χ2n) is 6.81. The van der Waals surface area contributed by atoms with Crippen molar-refractivity contribution in [2.45, 2.75) is 31.2 Å². The molecule has 0 aliphatic rings. The van der Waals surface area contributed by atoms with Crippen molar-refractivity contribution in [3.63, 3.8) is 0 Å². The number of nitrogens with one attached hydrogen (secondary N) is 2. The van der Waals surface area contributed by atoms with Gasteiger partial charge in [0.25, 0.3) is 15.9 Å². The van der Waals surface area contributed by atoms with Gasteiger partial charge in [0.05, 0.1) is 22.2 Å². The van der Waals surface area contributed by atoms with Gasteiger partial charge in [-0.1, -0.05) is 67.1 Å². The largest absolute Gasteiger partial charge is 0.345 e. The molecule has 3 aromatic rings. The molecule has 0 unspecified atom stereocenters. The Balaban J connectivity index is 1.84. The molecule has 3 aromatic carbocycles. The van der Waals surface area contributed by atoms with E-state index in [9.17, 15) is 13.2 Å². The molecule has 0 saturated heterocycles. The fourth-order valence-electron chi connectivity index (χ4n) is 3.03. The van der Waals surface area contributed by atoms with Gasteiger partial charge in [-0.05, 0) is 43.2 Å². The average Bonchev–Trinajstić information content (AvgIpc) is 2.73. The van der Waals surface area contributed by atoms with E-state index in [2.05, 4.69) is 10.0 Å². The molecule has 6 heteroatoms. The van der Waals surface area contributed by atoms with Gasteiger partial charge in [0.1, 0.15) is 0 Å². The molecule has 0 spiro atoms. The van der Waals surface area contributed by atoms with Gasteiger partial charge in [0.15, 0.2) is 0 Å². The van der Waals surface area contributed by atoms with Crippen LogP contribution >= 0.6 is 0 Å². The number of rotatable bonds is 7. The predicted molar refractivity (Wildman–Crippen MR) is 115 cm³/mol. The minimum atomic E-state index is -3.79. The third-order valence-electron chi connectivity index (χ3n) is 4.66. The molecule has 1 atom stereocenters. The number of amides is 1. The van der Waals surface area contributed by atoms with Crippen molar-refractivity contribution in [2.75, 3.05) is 4.72 Å². The maximum atomic E-state index is 13.0. The molecular weight excluding hydrogens is 384 g/mol. The van der Waals surface area contributed by atoms with Gasteiger partial charge in [0.2, 0.25) is 0 Å². The number of sulfonamides is 1. The van der Waals surface area contributed by atoms with Gasteiger partial charge in [-0.15, -0.1) is 0 Å². The number of carbonyl (C=O) groups excluding carboxylic acids is 1. The van der Waals surface area contributed by atoms with E-state index in [0.29, 0.717) is 6.42 Å². The molecular formula is C23H24N2O3S. The van der Waals surface area contributed by atoms with Crippen LogP contribution in [-0.2, 0) is 10.0 Å². The fraction of sp³-hybridized carbons (Fsp3) is 0.174. The highest BCUT2D eigenvalue weighted by molar-refractivity contribution is 7.92. The lowest BCUT2D eigenvalue weighted by molar-refractivity contribution is 0.0936. The van der Waals surface area contributed by atoms with Gasteiger partial charge in [0, 0.05) is 0 Å². The van der Waals surface area contributed by atoms with Crippen molar-refractivity contribution in [3.8, 4) is 0 Å². The lowest BCUT2D eigenvalue weighted by Crippen LogP contribution is -2.29. The summed E-state index contributed by atoms with van der Waals surface area (Å²) in [6.45, 7) is 4.01. The molecule has 0 aliphatic heterocycles. The number of carbonyl (C=O) groups is 1. The minimum Gasteiger partial charge on any atom is -0.345 e. The predicted octanol–water partition coefficient (Wildman–Crippen LogP) is 4.68. The minimum absolute atomic E-state index is 0.140. The van der Waals surface area contributed by atoms with Crippen LogP contribution in [-0.4, -0.2) is 14.3 Å². The lowest BCUT2D eigenvalue weighted by atomic mass is 10.0. The Bertz CT molecular complexity index is 1080. The molecule has 2 N–H and O–H groups in total.